The van der Waals surface area contributed by atoms with Crippen LogP contribution in [-0.4, -0.2) is 33.3 Å². The molecule has 4 nitrogen and oxygen atoms in total. The molecule has 1 saturated carbocycles. The summed E-state index contributed by atoms with van der Waals surface area (Å²) in [5, 5.41) is 5.02. The van der Waals surface area contributed by atoms with Gasteiger partial charge >= 0.3 is 0 Å². The standard InChI is InChI=1S/C12H20N4S2/c1-3-18-9-5-4-8(6-9)14-11-7-10(13)15-12(16-11)17-2/h7-9H,3-6H2,1-2H3,(H3,13,14,15,16). The predicted molar refractivity (Wildman–Crippen MR) is 81.4 cm³/mol. The molecule has 1 aliphatic carbocycles. The number of thioether (sulfide) groups is 2. The first-order chi connectivity index (χ1) is 8.71. The van der Waals surface area contributed by atoms with Crippen LogP contribution in [0, 0.1) is 0 Å². The van der Waals surface area contributed by atoms with Gasteiger partial charge < -0.3 is 11.1 Å². The van der Waals surface area contributed by atoms with Crippen molar-refractivity contribution < 1.29 is 0 Å². The fraction of sp³-hybridized carbons (Fsp3) is 0.667. The Balaban J connectivity index is 1.95. The molecule has 0 aliphatic heterocycles. The number of anilines is 2. The van der Waals surface area contributed by atoms with Gasteiger partial charge in [-0.25, -0.2) is 9.97 Å². The maximum atomic E-state index is 5.78. The van der Waals surface area contributed by atoms with E-state index in [0.29, 0.717) is 11.9 Å². The zero-order valence-corrected chi connectivity index (χ0v) is 12.5. The summed E-state index contributed by atoms with van der Waals surface area (Å²) in [6.07, 6.45) is 5.70. The lowest BCUT2D eigenvalue weighted by Crippen LogP contribution is -2.17. The smallest absolute Gasteiger partial charge is 0.191 e. The van der Waals surface area contributed by atoms with Crippen LogP contribution in [-0.2, 0) is 0 Å². The van der Waals surface area contributed by atoms with Crippen molar-refractivity contribution in [3.8, 4) is 0 Å². The molecule has 0 radical (unpaired) electrons. The Bertz CT molecular complexity index is 400. The lowest BCUT2D eigenvalue weighted by Gasteiger charge is -2.14. The molecule has 2 unspecified atom stereocenters. The molecule has 0 aromatic carbocycles. The third-order valence-electron chi connectivity index (χ3n) is 3.05. The minimum absolute atomic E-state index is 0.526. The van der Waals surface area contributed by atoms with Gasteiger partial charge in [0.15, 0.2) is 5.16 Å². The van der Waals surface area contributed by atoms with E-state index in [1.165, 1.54) is 36.8 Å². The topological polar surface area (TPSA) is 63.8 Å². The van der Waals surface area contributed by atoms with Gasteiger partial charge in [-0.1, -0.05) is 18.7 Å². The van der Waals surface area contributed by atoms with E-state index in [-0.39, 0.29) is 0 Å². The van der Waals surface area contributed by atoms with Crippen molar-refractivity contribution in [1.29, 1.82) is 0 Å². The summed E-state index contributed by atoms with van der Waals surface area (Å²) in [7, 11) is 0. The van der Waals surface area contributed by atoms with Gasteiger partial charge in [-0.05, 0) is 31.3 Å². The molecule has 2 rings (SSSR count). The summed E-state index contributed by atoms with van der Waals surface area (Å²) in [5.41, 5.74) is 5.78. The van der Waals surface area contributed by atoms with Crippen molar-refractivity contribution in [2.75, 3.05) is 23.1 Å². The molecule has 1 fully saturated rings. The van der Waals surface area contributed by atoms with E-state index < -0.39 is 0 Å². The van der Waals surface area contributed by atoms with Crippen LogP contribution in [0.4, 0.5) is 11.6 Å². The summed E-state index contributed by atoms with van der Waals surface area (Å²) in [6.45, 7) is 2.22. The van der Waals surface area contributed by atoms with E-state index in [0.717, 1.165) is 16.2 Å². The minimum Gasteiger partial charge on any atom is -0.383 e. The second kappa shape index (κ2) is 6.52. The molecule has 18 heavy (non-hydrogen) atoms. The van der Waals surface area contributed by atoms with E-state index in [9.17, 15) is 0 Å². The second-order valence-corrected chi connectivity index (χ2v) is 6.75. The van der Waals surface area contributed by atoms with Crippen LogP contribution in [0.3, 0.4) is 0 Å². The summed E-state index contributed by atoms with van der Waals surface area (Å²) >= 11 is 3.58. The first-order valence-electron chi connectivity index (χ1n) is 6.28. The summed E-state index contributed by atoms with van der Waals surface area (Å²) in [4.78, 5) is 8.60. The fourth-order valence-corrected chi connectivity index (χ4v) is 3.80. The number of nitrogens with zero attached hydrogens (tertiary/aromatic N) is 2. The van der Waals surface area contributed by atoms with Crippen molar-refractivity contribution in [3.05, 3.63) is 6.07 Å². The van der Waals surface area contributed by atoms with Gasteiger partial charge in [-0.2, -0.15) is 11.8 Å². The van der Waals surface area contributed by atoms with Crippen LogP contribution in [0.15, 0.2) is 11.2 Å². The highest BCUT2D eigenvalue weighted by Gasteiger charge is 2.24. The Morgan fingerprint density at radius 3 is 3.00 bits per heavy atom. The predicted octanol–water partition coefficient (Wildman–Crippen LogP) is 2.87. The van der Waals surface area contributed by atoms with Crippen molar-refractivity contribution in [2.45, 2.75) is 42.6 Å². The van der Waals surface area contributed by atoms with Crippen molar-refractivity contribution in [3.63, 3.8) is 0 Å². The van der Waals surface area contributed by atoms with Crippen LogP contribution < -0.4 is 11.1 Å². The number of rotatable bonds is 5. The zero-order valence-electron chi connectivity index (χ0n) is 10.8. The number of hydrogen-bond acceptors (Lipinski definition) is 6. The molecule has 1 heterocycles. The lowest BCUT2D eigenvalue weighted by atomic mass is 10.2. The normalized spacial score (nSPS) is 23.2. The average molecular weight is 284 g/mol. The quantitative estimate of drug-likeness (QED) is 0.640. The Morgan fingerprint density at radius 1 is 1.44 bits per heavy atom. The zero-order chi connectivity index (χ0) is 13.0. The Morgan fingerprint density at radius 2 is 2.28 bits per heavy atom. The number of aromatic nitrogens is 2. The van der Waals surface area contributed by atoms with Crippen LogP contribution >= 0.6 is 23.5 Å². The molecular formula is C12H20N4S2. The highest BCUT2D eigenvalue weighted by molar-refractivity contribution is 7.99. The van der Waals surface area contributed by atoms with Gasteiger partial charge in [-0.3, -0.25) is 0 Å². The third kappa shape index (κ3) is 3.68. The van der Waals surface area contributed by atoms with Crippen molar-refractivity contribution in [1.82, 2.24) is 9.97 Å². The molecule has 0 saturated heterocycles. The Hall–Kier alpha value is -0.620. The number of nitrogen functional groups attached to an aromatic ring is 1. The third-order valence-corrected chi connectivity index (χ3v) is 4.83. The molecule has 1 aromatic heterocycles. The van der Waals surface area contributed by atoms with Gasteiger partial charge in [0.2, 0.25) is 0 Å². The summed E-state index contributed by atoms with van der Waals surface area (Å²) in [6, 6.07) is 2.35. The number of nitrogens with one attached hydrogen (secondary N) is 1. The first-order valence-corrected chi connectivity index (χ1v) is 8.55. The van der Waals surface area contributed by atoms with E-state index >= 15 is 0 Å². The van der Waals surface area contributed by atoms with Crippen molar-refractivity contribution in [2.24, 2.45) is 0 Å². The van der Waals surface area contributed by atoms with E-state index in [1.54, 1.807) is 0 Å². The number of hydrogen-bond donors (Lipinski definition) is 2. The molecule has 1 aliphatic rings. The average Bonchev–Trinajstić information content (AvgIpc) is 2.76. The van der Waals surface area contributed by atoms with Crippen LogP contribution in [0.5, 0.6) is 0 Å². The van der Waals surface area contributed by atoms with E-state index in [2.05, 4.69) is 34.0 Å². The first kappa shape index (κ1) is 13.8. The SMILES string of the molecule is CCSC1CCC(Nc2cc(N)nc(SC)n2)C1. The second-order valence-electron chi connectivity index (χ2n) is 4.40. The summed E-state index contributed by atoms with van der Waals surface area (Å²) < 4.78 is 0. The van der Waals surface area contributed by atoms with Gasteiger partial charge in [0.1, 0.15) is 11.6 Å². The molecule has 0 bridgehead atoms. The fourth-order valence-electron chi connectivity index (χ4n) is 2.28. The highest BCUT2D eigenvalue weighted by Crippen LogP contribution is 2.31. The molecule has 0 amide bonds. The molecule has 2 atom stereocenters. The van der Waals surface area contributed by atoms with Gasteiger partial charge in [0.05, 0.1) is 0 Å². The Labute approximate surface area is 117 Å². The van der Waals surface area contributed by atoms with E-state index in [4.69, 9.17) is 5.73 Å². The molecule has 3 N–H and O–H groups in total. The summed E-state index contributed by atoms with van der Waals surface area (Å²) in [5.74, 6) is 2.60. The number of nitrogens with two attached hydrogens (primary N) is 1. The van der Waals surface area contributed by atoms with E-state index in [1.807, 2.05) is 12.3 Å². The van der Waals surface area contributed by atoms with Gasteiger partial charge in [0, 0.05) is 17.4 Å². The molecule has 100 valence electrons. The maximum Gasteiger partial charge on any atom is 0.191 e. The van der Waals surface area contributed by atoms with Crippen LogP contribution in [0.2, 0.25) is 0 Å². The maximum absolute atomic E-state index is 5.78. The molecule has 0 spiro atoms. The molecule has 6 heteroatoms. The van der Waals surface area contributed by atoms with Crippen molar-refractivity contribution >= 4 is 35.2 Å². The van der Waals surface area contributed by atoms with Crippen LogP contribution in [0.1, 0.15) is 26.2 Å². The molecular weight excluding hydrogens is 264 g/mol. The monoisotopic (exact) mass is 284 g/mol. The highest BCUT2D eigenvalue weighted by atomic mass is 32.2. The molecule has 1 aromatic rings. The minimum atomic E-state index is 0.526. The van der Waals surface area contributed by atoms with Gasteiger partial charge in [-0.15, -0.1) is 0 Å². The van der Waals surface area contributed by atoms with Gasteiger partial charge in [0.25, 0.3) is 0 Å². The lowest BCUT2D eigenvalue weighted by molar-refractivity contribution is 0.747. The largest absolute Gasteiger partial charge is 0.383 e. The van der Waals surface area contributed by atoms with Crippen LogP contribution in [0.25, 0.3) is 0 Å². The Kier molecular flexibility index (Phi) is 5.00.